The molecular formula is C8H18N2. The van der Waals surface area contributed by atoms with Crippen molar-refractivity contribution in [1.29, 1.82) is 0 Å². The predicted octanol–water partition coefficient (Wildman–Crippen LogP) is 0.842. The van der Waals surface area contributed by atoms with Gasteiger partial charge in [-0.1, -0.05) is 5.57 Å². The van der Waals surface area contributed by atoms with Crippen LogP contribution in [0.25, 0.3) is 0 Å². The molecule has 10 heavy (non-hydrogen) atoms. The number of nitrogens with two attached hydrogens (primary N) is 1. The highest BCUT2D eigenvalue weighted by Crippen LogP contribution is 1.99. The molecule has 0 aromatic rings. The molecule has 0 rings (SSSR count). The van der Waals surface area contributed by atoms with E-state index in [9.17, 15) is 0 Å². The monoisotopic (exact) mass is 142 g/mol. The summed E-state index contributed by atoms with van der Waals surface area (Å²) in [7, 11) is 4.05. The van der Waals surface area contributed by atoms with Crippen molar-refractivity contribution in [2.75, 3.05) is 20.6 Å². The van der Waals surface area contributed by atoms with E-state index in [4.69, 9.17) is 5.73 Å². The third kappa shape index (κ3) is 5.79. The van der Waals surface area contributed by atoms with Crippen molar-refractivity contribution in [3.05, 3.63) is 12.2 Å². The number of rotatable bonds is 4. The maximum atomic E-state index is 5.77. The van der Waals surface area contributed by atoms with Gasteiger partial charge >= 0.3 is 0 Å². The molecular weight excluding hydrogens is 124 g/mol. The summed E-state index contributed by atoms with van der Waals surface area (Å²) >= 11 is 0. The maximum Gasteiger partial charge on any atom is 0.0205 e. The van der Waals surface area contributed by atoms with E-state index in [1.807, 2.05) is 21.0 Å². The van der Waals surface area contributed by atoms with E-state index < -0.39 is 0 Å². The lowest BCUT2D eigenvalue weighted by atomic mass is 10.1. The first kappa shape index (κ1) is 9.66. The van der Waals surface area contributed by atoms with Gasteiger partial charge in [0, 0.05) is 12.6 Å². The molecule has 0 aliphatic rings. The van der Waals surface area contributed by atoms with Crippen LogP contribution in [0, 0.1) is 0 Å². The molecule has 0 saturated heterocycles. The average molecular weight is 142 g/mol. The fourth-order valence-corrected chi connectivity index (χ4v) is 0.981. The van der Waals surface area contributed by atoms with E-state index in [0.29, 0.717) is 0 Å². The van der Waals surface area contributed by atoms with Crippen LogP contribution in [-0.4, -0.2) is 31.6 Å². The third-order valence-corrected chi connectivity index (χ3v) is 1.21. The van der Waals surface area contributed by atoms with Crippen LogP contribution in [0.4, 0.5) is 0 Å². The second kappa shape index (κ2) is 4.47. The molecule has 0 amide bonds. The Hall–Kier alpha value is -0.340. The van der Waals surface area contributed by atoms with Gasteiger partial charge in [-0.25, -0.2) is 0 Å². The average Bonchev–Trinajstić information content (AvgIpc) is 1.58. The van der Waals surface area contributed by atoms with Crippen molar-refractivity contribution in [2.24, 2.45) is 5.73 Å². The van der Waals surface area contributed by atoms with E-state index in [2.05, 4.69) is 11.5 Å². The van der Waals surface area contributed by atoms with Gasteiger partial charge in [-0.05, 0) is 27.4 Å². The van der Waals surface area contributed by atoms with Crippen molar-refractivity contribution in [1.82, 2.24) is 4.90 Å². The minimum atomic E-state index is 0.243. The summed E-state index contributed by atoms with van der Waals surface area (Å²) in [6.07, 6.45) is 0.929. The Morgan fingerprint density at radius 1 is 1.60 bits per heavy atom. The van der Waals surface area contributed by atoms with Crippen LogP contribution in [0.15, 0.2) is 12.2 Å². The zero-order chi connectivity index (χ0) is 8.15. The summed E-state index contributed by atoms with van der Waals surface area (Å²) < 4.78 is 0. The van der Waals surface area contributed by atoms with Crippen LogP contribution in [0.3, 0.4) is 0 Å². The van der Waals surface area contributed by atoms with Gasteiger partial charge < -0.3 is 10.6 Å². The predicted molar refractivity (Wildman–Crippen MR) is 46.0 cm³/mol. The van der Waals surface area contributed by atoms with Crippen molar-refractivity contribution >= 4 is 0 Å². The zero-order valence-corrected chi connectivity index (χ0v) is 7.22. The maximum absolute atomic E-state index is 5.77. The minimum absolute atomic E-state index is 0.243. The Morgan fingerprint density at radius 3 is 2.40 bits per heavy atom. The van der Waals surface area contributed by atoms with Gasteiger partial charge in [0.15, 0.2) is 0 Å². The first-order valence-corrected chi connectivity index (χ1v) is 3.57. The highest BCUT2D eigenvalue weighted by atomic mass is 15.1. The first-order valence-electron chi connectivity index (χ1n) is 3.57. The quantitative estimate of drug-likeness (QED) is 0.589. The molecule has 0 bridgehead atoms. The smallest absolute Gasteiger partial charge is 0.0205 e. The largest absolute Gasteiger partial charge is 0.326 e. The Kier molecular flexibility index (Phi) is 4.32. The van der Waals surface area contributed by atoms with Crippen LogP contribution < -0.4 is 5.73 Å². The molecule has 0 aromatic carbocycles. The summed E-state index contributed by atoms with van der Waals surface area (Å²) in [5, 5.41) is 0. The fourth-order valence-electron chi connectivity index (χ4n) is 0.981. The van der Waals surface area contributed by atoms with Gasteiger partial charge in [0.05, 0.1) is 0 Å². The molecule has 2 nitrogen and oxygen atoms in total. The second-order valence-corrected chi connectivity index (χ2v) is 3.18. The van der Waals surface area contributed by atoms with E-state index in [-0.39, 0.29) is 6.04 Å². The summed E-state index contributed by atoms with van der Waals surface area (Å²) in [4.78, 5) is 2.09. The minimum Gasteiger partial charge on any atom is -0.326 e. The van der Waals surface area contributed by atoms with Crippen molar-refractivity contribution in [3.8, 4) is 0 Å². The summed E-state index contributed by atoms with van der Waals surface area (Å²) in [6, 6.07) is 0.243. The molecule has 0 aromatic heterocycles. The number of hydrogen-bond donors (Lipinski definition) is 1. The molecule has 0 radical (unpaired) electrons. The zero-order valence-electron chi connectivity index (χ0n) is 7.22. The van der Waals surface area contributed by atoms with E-state index in [1.165, 1.54) is 0 Å². The van der Waals surface area contributed by atoms with Gasteiger partial charge in [-0.15, -0.1) is 6.58 Å². The molecule has 0 fully saturated rings. The first-order chi connectivity index (χ1) is 4.52. The SMILES string of the molecule is C=C(C)CC(N)CN(C)C. The van der Waals surface area contributed by atoms with E-state index in [0.717, 1.165) is 18.5 Å². The van der Waals surface area contributed by atoms with Crippen molar-refractivity contribution in [3.63, 3.8) is 0 Å². The molecule has 1 unspecified atom stereocenters. The van der Waals surface area contributed by atoms with Gasteiger partial charge in [0.2, 0.25) is 0 Å². The number of hydrogen-bond acceptors (Lipinski definition) is 2. The molecule has 0 aliphatic heterocycles. The van der Waals surface area contributed by atoms with Gasteiger partial charge in [-0.3, -0.25) is 0 Å². The Morgan fingerprint density at radius 2 is 2.10 bits per heavy atom. The van der Waals surface area contributed by atoms with Gasteiger partial charge in [0.1, 0.15) is 0 Å². The van der Waals surface area contributed by atoms with Crippen LogP contribution in [0.2, 0.25) is 0 Å². The fraction of sp³-hybridized carbons (Fsp3) is 0.750. The van der Waals surface area contributed by atoms with E-state index in [1.54, 1.807) is 0 Å². The summed E-state index contributed by atoms with van der Waals surface area (Å²) in [6.45, 7) is 6.75. The highest BCUT2D eigenvalue weighted by molar-refractivity contribution is 4.92. The van der Waals surface area contributed by atoms with Gasteiger partial charge in [0.25, 0.3) is 0 Å². The highest BCUT2D eigenvalue weighted by Gasteiger charge is 2.02. The third-order valence-electron chi connectivity index (χ3n) is 1.21. The van der Waals surface area contributed by atoms with Crippen molar-refractivity contribution < 1.29 is 0 Å². The van der Waals surface area contributed by atoms with Crippen LogP contribution in [0.1, 0.15) is 13.3 Å². The number of likely N-dealkylation sites (N-methyl/N-ethyl adjacent to an activating group) is 1. The lowest BCUT2D eigenvalue weighted by Crippen LogP contribution is -2.33. The summed E-state index contributed by atoms with van der Waals surface area (Å²) in [5.74, 6) is 0. The van der Waals surface area contributed by atoms with Crippen LogP contribution >= 0.6 is 0 Å². The number of nitrogens with zero attached hydrogens (tertiary/aromatic N) is 1. The Labute approximate surface area is 63.7 Å². The Balaban J connectivity index is 3.43. The lowest BCUT2D eigenvalue weighted by molar-refractivity contribution is 0.371. The normalized spacial score (nSPS) is 13.7. The molecule has 60 valence electrons. The van der Waals surface area contributed by atoms with Crippen LogP contribution in [0.5, 0.6) is 0 Å². The van der Waals surface area contributed by atoms with Crippen molar-refractivity contribution in [2.45, 2.75) is 19.4 Å². The molecule has 2 N–H and O–H groups in total. The molecule has 0 spiro atoms. The molecule has 0 saturated carbocycles. The molecule has 0 aliphatic carbocycles. The second-order valence-electron chi connectivity index (χ2n) is 3.18. The molecule has 2 heteroatoms. The van der Waals surface area contributed by atoms with Gasteiger partial charge in [-0.2, -0.15) is 0 Å². The standard InChI is InChI=1S/C8H18N2/c1-7(2)5-8(9)6-10(3)4/h8H,1,5-6,9H2,2-4H3. The Bertz CT molecular complexity index is 108. The van der Waals surface area contributed by atoms with Crippen LogP contribution in [-0.2, 0) is 0 Å². The molecule has 1 atom stereocenters. The summed E-state index contributed by atoms with van der Waals surface area (Å²) in [5.41, 5.74) is 6.93. The molecule has 0 heterocycles. The topological polar surface area (TPSA) is 29.3 Å². The van der Waals surface area contributed by atoms with E-state index >= 15 is 0 Å². The lowest BCUT2D eigenvalue weighted by Gasteiger charge is -2.16.